The molecule has 2 rings (SSSR count). The zero-order valence-electron chi connectivity index (χ0n) is 9.73. The monoisotopic (exact) mass is 236 g/mol. The highest BCUT2D eigenvalue weighted by Crippen LogP contribution is 2.01. The van der Waals surface area contributed by atoms with Crippen LogP contribution in [0.3, 0.4) is 0 Å². The smallest absolute Gasteiger partial charge is 0.364 e. The summed E-state index contributed by atoms with van der Waals surface area (Å²) in [6, 6.07) is 3.54. The number of fused-ring (bicyclic) bond motifs is 1. The fourth-order valence-corrected chi connectivity index (χ4v) is 1.48. The summed E-state index contributed by atoms with van der Waals surface area (Å²) in [5.41, 5.74) is 0.192. The summed E-state index contributed by atoms with van der Waals surface area (Å²) in [6.07, 6.45) is 1.12. The maximum Gasteiger partial charge on any atom is 0.364 e. The minimum absolute atomic E-state index is 0.326. The van der Waals surface area contributed by atoms with Crippen LogP contribution in [0.25, 0.3) is 5.65 Å². The largest absolute Gasteiger partial charge is 0.367 e. The SMILES string of the molecule is CCCNCCNc1ccc2n[nH]c(=O)n2n1. The molecule has 0 saturated heterocycles. The van der Waals surface area contributed by atoms with E-state index < -0.39 is 0 Å². The Balaban J connectivity index is 1.94. The van der Waals surface area contributed by atoms with Crippen molar-refractivity contribution in [3.05, 3.63) is 22.6 Å². The Hall–Kier alpha value is -1.89. The van der Waals surface area contributed by atoms with Crippen molar-refractivity contribution < 1.29 is 0 Å². The molecule has 0 aliphatic rings. The number of hydrogen-bond acceptors (Lipinski definition) is 5. The minimum atomic E-state index is -0.326. The zero-order chi connectivity index (χ0) is 12.1. The molecule has 0 unspecified atom stereocenters. The highest BCUT2D eigenvalue weighted by Gasteiger charge is 2.01. The molecule has 0 amide bonds. The summed E-state index contributed by atoms with van der Waals surface area (Å²) in [5, 5.41) is 16.7. The number of hydrogen-bond donors (Lipinski definition) is 3. The predicted octanol–water partition coefficient (Wildman–Crippen LogP) is -0.171. The molecule has 2 aromatic rings. The Labute approximate surface area is 98.2 Å². The normalized spacial score (nSPS) is 10.9. The van der Waals surface area contributed by atoms with Gasteiger partial charge in [-0.25, -0.2) is 9.89 Å². The van der Waals surface area contributed by atoms with Crippen LogP contribution >= 0.6 is 0 Å². The second-order valence-electron chi connectivity index (χ2n) is 3.69. The predicted molar refractivity (Wildman–Crippen MR) is 65.3 cm³/mol. The molecule has 0 atom stereocenters. The zero-order valence-corrected chi connectivity index (χ0v) is 9.73. The summed E-state index contributed by atoms with van der Waals surface area (Å²) in [4.78, 5) is 11.3. The fraction of sp³-hybridized carbons (Fsp3) is 0.500. The first kappa shape index (κ1) is 11.6. The molecule has 0 radical (unpaired) electrons. The van der Waals surface area contributed by atoms with Gasteiger partial charge in [-0.3, -0.25) is 0 Å². The summed E-state index contributed by atoms with van der Waals surface area (Å²) in [7, 11) is 0. The van der Waals surface area contributed by atoms with Crippen molar-refractivity contribution in [3.8, 4) is 0 Å². The number of nitrogens with one attached hydrogen (secondary N) is 3. The van der Waals surface area contributed by atoms with Crippen molar-refractivity contribution in [2.45, 2.75) is 13.3 Å². The van der Waals surface area contributed by atoms with E-state index in [1.165, 1.54) is 4.52 Å². The second-order valence-corrected chi connectivity index (χ2v) is 3.69. The summed E-state index contributed by atoms with van der Waals surface area (Å²) in [6.45, 7) is 4.77. The van der Waals surface area contributed by atoms with Gasteiger partial charge in [0.15, 0.2) is 5.65 Å². The first-order valence-corrected chi connectivity index (χ1v) is 5.70. The van der Waals surface area contributed by atoms with Gasteiger partial charge in [0, 0.05) is 13.1 Å². The number of rotatable bonds is 6. The quantitative estimate of drug-likeness (QED) is 0.606. The van der Waals surface area contributed by atoms with E-state index in [1.54, 1.807) is 12.1 Å². The average molecular weight is 236 g/mol. The van der Waals surface area contributed by atoms with Crippen LogP contribution in [-0.2, 0) is 0 Å². The molecule has 2 heterocycles. The average Bonchev–Trinajstić information content (AvgIpc) is 2.71. The van der Waals surface area contributed by atoms with Gasteiger partial charge in [0.05, 0.1) is 0 Å². The van der Waals surface area contributed by atoms with Crippen LogP contribution in [0, 0.1) is 0 Å². The molecule has 17 heavy (non-hydrogen) atoms. The number of anilines is 1. The van der Waals surface area contributed by atoms with Crippen LogP contribution in [0.4, 0.5) is 5.82 Å². The van der Waals surface area contributed by atoms with Gasteiger partial charge in [-0.1, -0.05) is 6.92 Å². The molecule has 0 fully saturated rings. The van der Waals surface area contributed by atoms with E-state index in [4.69, 9.17) is 0 Å². The van der Waals surface area contributed by atoms with Crippen molar-refractivity contribution in [1.82, 2.24) is 25.1 Å². The van der Waals surface area contributed by atoms with E-state index in [9.17, 15) is 4.79 Å². The minimum Gasteiger partial charge on any atom is -0.367 e. The molecule has 0 aliphatic heterocycles. The summed E-state index contributed by atoms with van der Waals surface area (Å²) < 4.78 is 1.24. The maximum atomic E-state index is 11.3. The molecule has 0 saturated carbocycles. The lowest BCUT2D eigenvalue weighted by Gasteiger charge is -2.05. The third-order valence-corrected chi connectivity index (χ3v) is 2.31. The van der Waals surface area contributed by atoms with Gasteiger partial charge in [-0.05, 0) is 25.1 Å². The van der Waals surface area contributed by atoms with Gasteiger partial charge in [0.25, 0.3) is 0 Å². The number of aromatic amines is 1. The molecule has 2 aromatic heterocycles. The number of nitrogens with zero attached hydrogens (tertiary/aromatic N) is 3. The highest BCUT2D eigenvalue weighted by atomic mass is 16.2. The van der Waals surface area contributed by atoms with Gasteiger partial charge in [-0.15, -0.1) is 5.10 Å². The van der Waals surface area contributed by atoms with E-state index in [0.717, 1.165) is 26.1 Å². The highest BCUT2D eigenvalue weighted by molar-refractivity contribution is 5.42. The first-order valence-electron chi connectivity index (χ1n) is 5.70. The third-order valence-electron chi connectivity index (χ3n) is 2.31. The lowest BCUT2D eigenvalue weighted by atomic mass is 10.4. The number of H-pyrrole nitrogens is 1. The third kappa shape index (κ3) is 2.82. The van der Waals surface area contributed by atoms with E-state index in [2.05, 4.69) is 32.9 Å². The van der Waals surface area contributed by atoms with Gasteiger partial charge in [0.2, 0.25) is 0 Å². The topological polar surface area (TPSA) is 87.1 Å². The van der Waals surface area contributed by atoms with Crippen LogP contribution in [0.2, 0.25) is 0 Å². The molecular weight excluding hydrogens is 220 g/mol. The van der Waals surface area contributed by atoms with Crippen LogP contribution in [0.1, 0.15) is 13.3 Å². The van der Waals surface area contributed by atoms with Crippen molar-refractivity contribution in [2.75, 3.05) is 25.0 Å². The summed E-state index contributed by atoms with van der Waals surface area (Å²) >= 11 is 0. The molecule has 3 N–H and O–H groups in total. The second kappa shape index (κ2) is 5.44. The van der Waals surface area contributed by atoms with Crippen molar-refractivity contribution in [3.63, 3.8) is 0 Å². The van der Waals surface area contributed by atoms with Gasteiger partial charge in [-0.2, -0.15) is 9.61 Å². The Bertz CT molecular complexity index is 531. The van der Waals surface area contributed by atoms with E-state index in [1.807, 2.05) is 0 Å². The first-order chi connectivity index (χ1) is 8.31. The van der Waals surface area contributed by atoms with Crippen molar-refractivity contribution >= 4 is 11.5 Å². The van der Waals surface area contributed by atoms with Gasteiger partial charge in [0.1, 0.15) is 5.82 Å². The van der Waals surface area contributed by atoms with Crippen LogP contribution in [0.5, 0.6) is 0 Å². The molecule has 0 aromatic carbocycles. The molecule has 92 valence electrons. The lowest BCUT2D eigenvalue weighted by molar-refractivity contribution is 0.686. The molecular formula is C10H16N6O. The van der Waals surface area contributed by atoms with Crippen LogP contribution in [-0.4, -0.2) is 39.4 Å². The van der Waals surface area contributed by atoms with E-state index in [-0.39, 0.29) is 5.69 Å². The van der Waals surface area contributed by atoms with E-state index in [0.29, 0.717) is 11.5 Å². The Morgan fingerprint density at radius 1 is 1.35 bits per heavy atom. The molecule has 7 heteroatoms. The molecule has 0 bridgehead atoms. The molecule has 7 nitrogen and oxygen atoms in total. The van der Waals surface area contributed by atoms with Crippen LogP contribution < -0.4 is 16.3 Å². The van der Waals surface area contributed by atoms with Gasteiger partial charge >= 0.3 is 5.69 Å². The molecule has 0 spiro atoms. The van der Waals surface area contributed by atoms with Gasteiger partial charge < -0.3 is 10.6 Å². The van der Waals surface area contributed by atoms with Crippen molar-refractivity contribution in [2.24, 2.45) is 0 Å². The molecule has 0 aliphatic carbocycles. The standard InChI is InChI=1S/C10H16N6O/c1-2-5-11-6-7-12-8-3-4-9-13-14-10(17)16(9)15-8/h3-4,11H,2,5-7H2,1H3,(H,12,15)(H,14,17). The van der Waals surface area contributed by atoms with Crippen molar-refractivity contribution in [1.29, 1.82) is 0 Å². The number of aromatic nitrogens is 4. The lowest BCUT2D eigenvalue weighted by Crippen LogP contribution is -2.23. The van der Waals surface area contributed by atoms with E-state index >= 15 is 0 Å². The fourth-order valence-electron chi connectivity index (χ4n) is 1.48. The maximum absolute atomic E-state index is 11.3. The summed E-state index contributed by atoms with van der Waals surface area (Å²) in [5.74, 6) is 0.666. The van der Waals surface area contributed by atoms with Crippen LogP contribution in [0.15, 0.2) is 16.9 Å². The Morgan fingerprint density at radius 3 is 3.06 bits per heavy atom. The Kier molecular flexibility index (Phi) is 3.71. The Morgan fingerprint density at radius 2 is 2.24 bits per heavy atom.